The Morgan fingerprint density at radius 1 is 0.880 bits per heavy atom. The van der Waals surface area contributed by atoms with E-state index in [4.69, 9.17) is 5.73 Å². The molecule has 142 valence electrons. The molecule has 0 aromatic heterocycles. The largest absolute Gasteiger partial charge is 0.368 e. The Balaban J connectivity index is 1.76. The van der Waals surface area contributed by atoms with Gasteiger partial charge in [-0.1, -0.05) is 38.5 Å². The number of hydrogen-bond donors (Lipinski definition) is 1. The second-order valence-electron chi connectivity index (χ2n) is 8.30. The smallest absolute Gasteiger partial charge is 0.240 e. The van der Waals surface area contributed by atoms with Gasteiger partial charge in [-0.2, -0.15) is 0 Å². The summed E-state index contributed by atoms with van der Waals surface area (Å²) in [5.74, 6) is -0.225. The van der Waals surface area contributed by atoms with Gasteiger partial charge in [0.25, 0.3) is 0 Å². The number of carbonyl (C=O) groups is 2. The average molecular weight is 350 g/mol. The van der Waals surface area contributed by atoms with Crippen molar-refractivity contribution in [1.82, 2.24) is 9.80 Å². The summed E-state index contributed by atoms with van der Waals surface area (Å²) in [6.07, 6.45) is 14.2. The van der Waals surface area contributed by atoms with Crippen molar-refractivity contribution in [2.24, 2.45) is 5.73 Å². The van der Waals surface area contributed by atoms with Crippen molar-refractivity contribution >= 4 is 11.8 Å². The fraction of sp³-hybridized carbons (Fsp3) is 0.900. The first kappa shape index (κ1) is 18.7. The molecule has 1 heterocycles. The lowest BCUT2D eigenvalue weighted by atomic mass is 9.87. The van der Waals surface area contributed by atoms with Crippen LogP contribution in [0.15, 0.2) is 0 Å². The van der Waals surface area contributed by atoms with Crippen LogP contribution in [0.5, 0.6) is 0 Å². The second kappa shape index (κ2) is 8.52. The fourth-order valence-electron chi connectivity index (χ4n) is 5.38. The lowest BCUT2D eigenvalue weighted by molar-refractivity contribution is -0.143. The SMILES string of the molecule is C[C@@H](C(=O)N1CCC[C@H]1C(N)=O)N(C1CCCCC1)C1CCCCC1. The van der Waals surface area contributed by atoms with E-state index in [2.05, 4.69) is 11.8 Å². The predicted octanol–water partition coefficient (Wildman–Crippen LogP) is 2.82. The number of amides is 2. The minimum Gasteiger partial charge on any atom is -0.368 e. The highest BCUT2D eigenvalue weighted by Gasteiger charge is 2.40. The van der Waals surface area contributed by atoms with Gasteiger partial charge in [-0.3, -0.25) is 14.5 Å². The highest BCUT2D eigenvalue weighted by atomic mass is 16.2. The van der Waals surface area contributed by atoms with E-state index in [1.54, 1.807) is 4.90 Å². The molecular weight excluding hydrogens is 314 g/mol. The number of nitrogens with two attached hydrogens (primary N) is 1. The van der Waals surface area contributed by atoms with Gasteiger partial charge in [0.2, 0.25) is 11.8 Å². The first-order valence-electron chi connectivity index (χ1n) is 10.5. The van der Waals surface area contributed by atoms with Crippen LogP contribution < -0.4 is 5.73 Å². The summed E-state index contributed by atoms with van der Waals surface area (Å²) in [5.41, 5.74) is 5.54. The molecule has 5 nitrogen and oxygen atoms in total. The Kier molecular flexibility index (Phi) is 6.37. The predicted molar refractivity (Wildman–Crippen MR) is 99.0 cm³/mol. The topological polar surface area (TPSA) is 66.6 Å². The van der Waals surface area contributed by atoms with Crippen LogP contribution in [-0.2, 0) is 9.59 Å². The standard InChI is InChI=1S/C20H35N3O2/c1-15(20(25)22-14-8-13-18(22)19(21)24)23(16-9-4-2-5-10-16)17-11-6-3-7-12-17/h15-18H,2-14H2,1H3,(H2,21,24)/t15-,18-/m0/s1. The number of nitrogens with zero attached hydrogens (tertiary/aromatic N) is 2. The zero-order valence-corrected chi connectivity index (χ0v) is 15.8. The van der Waals surface area contributed by atoms with Gasteiger partial charge < -0.3 is 10.6 Å². The Labute approximate surface area is 152 Å². The van der Waals surface area contributed by atoms with Gasteiger partial charge in [-0.25, -0.2) is 0 Å². The Hall–Kier alpha value is -1.10. The van der Waals surface area contributed by atoms with Gasteiger partial charge >= 0.3 is 0 Å². The molecule has 2 atom stereocenters. The minimum absolute atomic E-state index is 0.123. The van der Waals surface area contributed by atoms with E-state index >= 15 is 0 Å². The third kappa shape index (κ3) is 4.18. The summed E-state index contributed by atoms with van der Waals surface area (Å²) < 4.78 is 0. The maximum atomic E-state index is 13.3. The highest BCUT2D eigenvalue weighted by molar-refractivity contribution is 5.89. The molecule has 0 aromatic rings. The van der Waals surface area contributed by atoms with Crippen molar-refractivity contribution in [3.05, 3.63) is 0 Å². The van der Waals surface area contributed by atoms with Crippen LogP contribution in [-0.4, -0.2) is 52.3 Å². The molecular formula is C20H35N3O2. The van der Waals surface area contributed by atoms with Gasteiger partial charge in [0.15, 0.2) is 0 Å². The van der Waals surface area contributed by atoms with E-state index in [1.807, 2.05) is 0 Å². The van der Waals surface area contributed by atoms with E-state index in [9.17, 15) is 9.59 Å². The zero-order valence-electron chi connectivity index (χ0n) is 15.8. The summed E-state index contributed by atoms with van der Waals surface area (Å²) in [6.45, 7) is 2.75. The molecule has 2 saturated carbocycles. The molecule has 5 heteroatoms. The summed E-state index contributed by atoms with van der Waals surface area (Å²) in [5, 5.41) is 0. The molecule has 2 N–H and O–H groups in total. The van der Waals surface area contributed by atoms with Gasteiger partial charge in [0.1, 0.15) is 6.04 Å². The number of primary amides is 1. The van der Waals surface area contributed by atoms with Crippen LogP contribution in [0, 0.1) is 0 Å². The maximum absolute atomic E-state index is 13.3. The van der Waals surface area contributed by atoms with Gasteiger partial charge in [-0.15, -0.1) is 0 Å². The van der Waals surface area contributed by atoms with Gasteiger partial charge in [-0.05, 0) is 45.4 Å². The third-order valence-electron chi connectivity index (χ3n) is 6.66. The molecule has 25 heavy (non-hydrogen) atoms. The van der Waals surface area contributed by atoms with Crippen molar-refractivity contribution < 1.29 is 9.59 Å². The van der Waals surface area contributed by atoms with Crippen molar-refractivity contribution in [3.8, 4) is 0 Å². The van der Waals surface area contributed by atoms with Gasteiger partial charge in [0, 0.05) is 18.6 Å². The number of carbonyl (C=O) groups excluding carboxylic acids is 2. The first-order chi connectivity index (χ1) is 12.1. The highest BCUT2D eigenvalue weighted by Crippen LogP contribution is 2.33. The van der Waals surface area contributed by atoms with Crippen LogP contribution in [0.4, 0.5) is 0 Å². The van der Waals surface area contributed by atoms with Crippen molar-refractivity contribution in [2.75, 3.05) is 6.54 Å². The van der Waals surface area contributed by atoms with Crippen LogP contribution >= 0.6 is 0 Å². The maximum Gasteiger partial charge on any atom is 0.240 e. The summed E-state index contributed by atoms with van der Waals surface area (Å²) >= 11 is 0. The molecule has 0 spiro atoms. The fourth-order valence-corrected chi connectivity index (χ4v) is 5.38. The molecule has 3 fully saturated rings. The van der Waals surface area contributed by atoms with Crippen LogP contribution in [0.2, 0.25) is 0 Å². The number of hydrogen-bond acceptors (Lipinski definition) is 3. The van der Waals surface area contributed by atoms with Gasteiger partial charge in [0.05, 0.1) is 6.04 Å². The molecule has 3 aliphatic rings. The lowest BCUT2D eigenvalue weighted by Gasteiger charge is -2.45. The molecule has 2 amide bonds. The molecule has 3 rings (SSSR count). The lowest BCUT2D eigenvalue weighted by Crippen LogP contribution is -2.57. The molecule has 2 aliphatic carbocycles. The molecule has 0 unspecified atom stereocenters. The average Bonchev–Trinajstić information content (AvgIpc) is 3.13. The summed E-state index contributed by atoms with van der Waals surface area (Å²) in [7, 11) is 0. The Morgan fingerprint density at radius 2 is 1.40 bits per heavy atom. The van der Waals surface area contributed by atoms with Crippen LogP contribution in [0.3, 0.4) is 0 Å². The van der Waals surface area contributed by atoms with Crippen LogP contribution in [0.1, 0.15) is 84.0 Å². The van der Waals surface area contributed by atoms with Crippen LogP contribution in [0.25, 0.3) is 0 Å². The normalized spacial score (nSPS) is 27.6. The summed E-state index contributed by atoms with van der Waals surface area (Å²) in [4.78, 5) is 29.3. The second-order valence-corrected chi connectivity index (χ2v) is 8.30. The zero-order chi connectivity index (χ0) is 17.8. The minimum atomic E-state index is -0.394. The van der Waals surface area contributed by atoms with E-state index in [1.165, 1.54) is 64.2 Å². The molecule has 1 aliphatic heterocycles. The third-order valence-corrected chi connectivity index (χ3v) is 6.66. The molecule has 1 saturated heterocycles. The van der Waals surface area contributed by atoms with E-state index < -0.39 is 6.04 Å². The van der Waals surface area contributed by atoms with E-state index in [-0.39, 0.29) is 17.9 Å². The monoisotopic (exact) mass is 349 g/mol. The van der Waals surface area contributed by atoms with E-state index in [0.29, 0.717) is 18.6 Å². The quantitative estimate of drug-likeness (QED) is 0.830. The van der Waals surface area contributed by atoms with E-state index in [0.717, 1.165) is 12.8 Å². The van der Waals surface area contributed by atoms with Crippen molar-refractivity contribution in [2.45, 2.75) is 108 Å². The first-order valence-corrected chi connectivity index (χ1v) is 10.5. The van der Waals surface area contributed by atoms with Crippen molar-refractivity contribution in [1.29, 1.82) is 0 Å². The number of likely N-dealkylation sites (tertiary alicyclic amines) is 1. The Bertz CT molecular complexity index is 452. The number of rotatable bonds is 5. The molecule has 0 aromatic carbocycles. The Morgan fingerprint density at radius 3 is 1.88 bits per heavy atom. The molecule has 0 bridgehead atoms. The van der Waals surface area contributed by atoms with Crippen molar-refractivity contribution in [3.63, 3.8) is 0 Å². The molecule has 0 radical (unpaired) electrons. The summed E-state index contributed by atoms with van der Waals surface area (Å²) in [6, 6.07) is 0.538.